The van der Waals surface area contributed by atoms with Crippen LogP contribution in [0.25, 0.3) is 0 Å². The van der Waals surface area contributed by atoms with Gasteiger partial charge in [0.1, 0.15) is 0 Å². The van der Waals surface area contributed by atoms with E-state index < -0.39 is 0 Å². The molecule has 0 saturated carbocycles. The molecule has 4 rings (SSSR count). The van der Waals surface area contributed by atoms with E-state index in [0.717, 1.165) is 11.4 Å². The van der Waals surface area contributed by atoms with E-state index in [2.05, 4.69) is 20.9 Å². The number of nitrogens with zero attached hydrogens (tertiary/aromatic N) is 2. The molecule has 0 fully saturated rings. The predicted octanol–water partition coefficient (Wildman–Crippen LogP) is 4.91. The summed E-state index contributed by atoms with van der Waals surface area (Å²) in [6.45, 7) is 0.543. The lowest BCUT2D eigenvalue weighted by molar-refractivity contribution is -0.116. The van der Waals surface area contributed by atoms with Gasteiger partial charge < -0.3 is 20.5 Å². The first kappa shape index (κ1) is 20.9. The fraction of sp³-hybridized carbons (Fsp3) is 0.0800. The molecule has 0 unspecified atom stereocenters. The van der Waals surface area contributed by atoms with Gasteiger partial charge in [0.25, 0.3) is 5.91 Å². The number of aryl methyl sites for hydroxylation is 1. The van der Waals surface area contributed by atoms with E-state index >= 15 is 0 Å². The summed E-state index contributed by atoms with van der Waals surface area (Å²) in [4.78, 5) is 28.8. The summed E-state index contributed by atoms with van der Waals surface area (Å²) < 4.78 is 1.84. The number of rotatable bonds is 8. The second-order valence-electron chi connectivity index (χ2n) is 7.20. The van der Waals surface area contributed by atoms with E-state index in [4.69, 9.17) is 0 Å². The topological polar surface area (TPSA) is 88.0 Å². The van der Waals surface area contributed by atoms with Crippen LogP contribution in [0.3, 0.4) is 0 Å². The Morgan fingerprint density at radius 3 is 2.25 bits per heavy atom. The molecule has 0 aliphatic heterocycles. The number of anilines is 4. The fourth-order valence-electron chi connectivity index (χ4n) is 3.14. The third-order valence-corrected chi connectivity index (χ3v) is 4.77. The largest absolute Gasteiger partial charge is 0.356 e. The van der Waals surface area contributed by atoms with Crippen LogP contribution in [0.2, 0.25) is 0 Å². The average molecular weight is 425 g/mol. The minimum Gasteiger partial charge on any atom is -0.356 e. The molecule has 0 bridgehead atoms. The Hall–Kier alpha value is -4.39. The predicted molar refractivity (Wildman–Crippen MR) is 126 cm³/mol. The van der Waals surface area contributed by atoms with Crippen molar-refractivity contribution in [3.63, 3.8) is 0 Å². The zero-order chi connectivity index (χ0) is 22.2. The molecular formula is C25H23N5O2. The third-order valence-electron chi connectivity index (χ3n) is 4.77. The van der Waals surface area contributed by atoms with Gasteiger partial charge in [0.05, 0.1) is 6.33 Å². The summed E-state index contributed by atoms with van der Waals surface area (Å²) in [5.41, 5.74) is 3.64. The maximum Gasteiger partial charge on any atom is 0.255 e. The van der Waals surface area contributed by atoms with Gasteiger partial charge in [0, 0.05) is 53.7 Å². The van der Waals surface area contributed by atoms with Crippen LogP contribution in [0.1, 0.15) is 16.8 Å². The van der Waals surface area contributed by atoms with Gasteiger partial charge in [-0.05, 0) is 54.6 Å². The third kappa shape index (κ3) is 5.82. The van der Waals surface area contributed by atoms with E-state index in [1.807, 2.05) is 65.4 Å². The quantitative estimate of drug-likeness (QED) is 0.374. The highest BCUT2D eigenvalue weighted by Gasteiger charge is 2.09. The smallest absolute Gasteiger partial charge is 0.255 e. The van der Waals surface area contributed by atoms with Crippen molar-refractivity contribution in [3.8, 4) is 0 Å². The van der Waals surface area contributed by atoms with Gasteiger partial charge in [-0.25, -0.2) is 4.98 Å². The Bertz CT molecular complexity index is 1170. The van der Waals surface area contributed by atoms with Crippen molar-refractivity contribution >= 4 is 34.6 Å². The fourth-order valence-corrected chi connectivity index (χ4v) is 3.14. The van der Waals surface area contributed by atoms with Crippen molar-refractivity contribution in [2.75, 3.05) is 16.0 Å². The number of aromatic nitrogens is 2. The van der Waals surface area contributed by atoms with E-state index in [-0.39, 0.29) is 11.8 Å². The van der Waals surface area contributed by atoms with Crippen LogP contribution in [0, 0.1) is 0 Å². The molecule has 0 atom stereocenters. The summed E-state index contributed by atoms with van der Waals surface area (Å²) in [5, 5.41) is 9.02. The van der Waals surface area contributed by atoms with Crippen LogP contribution in [-0.4, -0.2) is 21.4 Å². The van der Waals surface area contributed by atoms with Gasteiger partial charge in [0.15, 0.2) is 0 Å². The van der Waals surface area contributed by atoms with E-state index in [1.165, 1.54) is 0 Å². The Morgan fingerprint density at radius 2 is 1.50 bits per heavy atom. The number of hydrogen-bond donors (Lipinski definition) is 3. The number of benzene rings is 3. The SMILES string of the molecule is O=C(CCn1ccnc1)Nc1cccc(C(=O)Nc2ccc(Nc3ccccc3)cc2)c1. The standard InChI is InChI=1S/C25H23N5O2/c31-24(13-15-30-16-14-26-18-30)28-23-8-4-5-19(17-23)25(32)29-22-11-9-21(10-12-22)27-20-6-2-1-3-7-20/h1-12,14,16-18,27H,13,15H2,(H,28,31)(H,29,32). The maximum atomic E-state index is 12.7. The van der Waals surface area contributed by atoms with Gasteiger partial charge in [-0.2, -0.15) is 0 Å². The molecule has 0 aliphatic rings. The highest BCUT2D eigenvalue weighted by molar-refractivity contribution is 6.05. The minimum absolute atomic E-state index is 0.127. The molecule has 4 aromatic rings. The average Bonchev–Trinajstić information content (AvgIpc) is 3.34. The van der Waals surface area contributed by atoms with Crippen LogP contribution in [0.5, 0.6) is 0 Å². The number of amides is 2. The molecule has 2 amide bonds. The van der Waals surface area contributed by atoms with Gasteiger partial charge in [-0.15, -0.1) is 0 Å². The molecule has 3 N–H and O–H groups in total. The number of carbonyl (C=O) groups is 2. The van der Waals surface area contributed by atoms with Crippen LogP contribution < -0.4 is 16.0 Å². The second kappa shape index (κ2) is 10.1. The van der Waals surface area contributed by atoms with Crippen molar-refractivity contribution in [1.29, 1.82) is 0 Å². The molecule has 0 aliphatic carbocycles. The molecule has 7 nitrogen and oxygen atoms in total. The molecule has 0 spiro atoms. The van der Waals surface area contributed by atoms with Crippen molar-refractivity contribution in [2.45, 2.75) is 13.0 Å². The molecular weight excluding hydrogens is 402 g/mol. The number of hydrogen-bond acceptors (Lipinski definition) is 4. The second-order valence-corrected chi connectivity index (χ2v) is 7.20. The lowest BCUT2D eigenvalue weighted by Gasteiger charge is -2.10. The van der Waals surface area contributed by atoms with E-state index in [0.29, 0.717) is 29.9 Å². The normalized spacial score (nSPS) is 10.4. The Labute approximate surface area is 186 Å². The van der Waals surface area contributed by atoms with Crippen LogP contribution in [-0.2, 0) is 11.3 Å². The summed E-state index contributed by atoms with van der Waals surface area (Å²) in [6, 6.07) is 24.2. The van der Waals surface area contributed by atoms with Crippen molar-refractivity contribution in [1.82, 2.24) is 9.55 Å². The highest BCUT2D eigenvalue weighted by Crippen LogP contribution is 2.19. The molecule has 160 valence electrons. The summed E-state index contributed by atoms with van der Waals surface area (Å²) in [7, 11) is 0. The molecule has 7 heteroatoms. The molecule has 3 aromatic carbocycles. The molecule has 0 saturated heterocycles. The van der Waals surface area contributed by atoms with Gasteiger partial charge in [-0.1, -0.05) is 24.3 Å². The summed E-state index contributed by atoms with van der Waals surface area (Å²) in [6.07, 6.45) is 5.47. The number of carbonyl (C=O) groups excluding carboxylic acids is 2. The number of para-hydroxylation sites is 1. The first-order valence-corrected chi connectivity index (χ1v) is 10.2. The first-order valence-electron chi connectivity index (χ1n) is 10.2. The summed E-state index contributed by atoms with van der Waals surface area (Å²) >= 11 is 0. The van der Waals surface area contributed by atoms with Gasteiger partial charge in [-0.3, -0.25) is 9.59 Å². The number of imidazole rings is 1. The maximum absolute atomic E-state index is 12.7. The van der Waals surface area contributed by atoms with Crippen LogP contribution >= 0.6 is 0 Å². The van der Waals surface area contributed by atoms with Crippen LogP contribution in [0.4, 0.5) is 22.7 Å². The monoisotopic (exact) mass is 425 g/mol. The van der Waals surface area contributed by atoms with Crippen molar-refractivity contribution in [2.24, 2.45) is 0 Å². The zero-order valence-electron chi connectivity index (χ0n) is 17.4. The highest BCUT2D eigenvalue weighted by atomic mass is 16.2. The summed E-state index contributed by atoms with van der Waals surface area (Å²) in [5.74, 6) is -0.374. The van der Waals surface area contributed by atoms with Crippen molar-refractivity contribution < 1.29 is 9.59 Å². The molecule has 1 heterocycles. The van der Waals surface area contributed by atoms with Gasteiger partial charge in [0.2, 0.25) is 5.91 Å². The minimum atomic E-state index is -0.247. The first-order chi connectivity index (χ1) is 15.7. The molecule has 32 heavy (non-hydrogen) atoms. The Kier molecular flexibility index (Phi) is 6.57. The number of nitrogens with one attached hydrogen (secondary N) is 3. The Balaban J connectivity index is 1.32. The lowest BCUT2D eigenvalue weighted by atomic mass is 10.1. The Morgan fingerprint density at radius 1 is 0.781 bits per heavy atom. The molecule has 0 radical (unpaired) electrons. The van der Waals surface area contributed by atoms with E-state index in [1.54, 1.807) is 36.8 Å². The zero-order valence-corrected chi connectivity index (χ0v) is 17.4. The van der Waals surface area contributed by atoms with Crippen LogP contribution in [0.15, 0.2) is 97.6 Å². The molecule has 1 aromatic heterocycles. The lowest BCUT2D eigenvalue weighted by Crippen LogP contribution is -2.15. The van der Waals surface area contributed by atoms with Gasteiger partial charge >= 0.3 is 0 Å². The van der Waals surface area contributed by atoms with E-state index in [9.17, 15) is 9.59 Å². The van der Waals surface area contributed by atoms with Crippen molar-refractivity contribution in [3.05, 3.63) is 103 Å².